The summed E-state index contributed by atoms with van der Waals surface area (Å²) in [5, 5.41) is 3.06. The number of hydrogen-bond donors (Lipinski definition) is 1. The fraction of sp³-hybridized carbons (Fsp3) is 0.500. The molecule has 1 N–H and O–H groups in total. The Hall–Kier alpha value is -3.58. The second kappa shape index (κ2) is 12.8. The molecule has 44 heavy (non-hydrogen) atoms. The van der Waals surface area contributed by atoms with E-state index in [1.165, 1.54) is 6.07 Å². The maximum absolute atomic E-state index is 15.0. The topological polar surface area (TPSA) is 93.5 Å². The van der Waals surface area contributed by atoms with Gasteiger partial charge in [0.2, 0.25) is 5.95 Å². The smallest absolute Gasteiger partial charge is 0.229 e. The van der Waals surface area contributed by atoms with Crippen molar-refractivity contribution in [2.45, 2.75) is 52.3 Å². The second-order valence-electron chi connectivity index (χ2n) is 12.2. The average molecular weight is 607 g/mol. The van der Waals surface area contributed by atoms with Crippen molar-refractivity contribution in [2.24, 2.45) is 0 Å². The lowest BCUT2D eigenvalue weighted by Crippen LogP contribution is -2.51. The Bertz CT molecular complexity index is 1610. The summed E-state index contributed by atoms with van der Waals surface area (Å²) in [5.41, 5.74) is 2.05. The van der Waals surface area contributed by atoms with Gasteiger partial charge in [0.1, 0.15) is 22.9 Å². The number of hydrogen-bond acceptors (Lipinski definition) is 9. The number of benzene rings is 1. The molecule has 2 aliphatic heterocycles. The van der Waals surface area contributed by atoms with Crippen molar-refractivity contribution in [1.29, 1.82) is 0 Å². The van der Waals surface area contributed by atoms with E-state index >= 15 is 4.39 Å². The van der Waals surface area contributed by atoms with Gasteiger partial charge in [-0.15, -0.1) is 0 Å². The molecule has 0 unspecified atom stereocenters. The predicted octanol–water partition coefficient (Wildman–Crippen LogP) is 5.11. The maximum atomic E-state index is 15.0. The molecule has 2 aliphatic rings. The van der Waals surface area contributed by atoms with Gasteiger partial charge in [0, 0.05) is 57.1 Å². The highest BCUT2D eigenvalue weighted by atomic mass is 19.1. The number of nitrogens with zero attached hydrogens (tertiary/aromatic N) is 7. The SMILES string of the molecule is Cc1nc2c(F)cc(-c3nc(Nc4ccc(CN5CCO[C@](C)(CCN6CCOCC6)C5)cn4)ncc3F)cc2n1C(C)C. The van der Waals surface area contributed by atoms with E-state index in [0.29, 0.717) is 29.3 Å². The molecule has 12 heteroatoms. The van der Waals surface area contributed by atoms with Gasteiger partial charge in [-0.2, -0.15) is 0 Å². The van der Waals surface area contributed by atoms with Gasteiger partial charge in [0.05, 0.1) is 37.1 Å². The Morgan fingerprint density at radius 1 is 0.977 bits per heavy atom. The van der Waals surface area contributed by atoms with Gasteiger partial charge in [-0.1, -0.05) is 6.07 Å². The van der Waals surface area contributed by atoms with Gasteiger partial charge >= 0.3 is 0 Å². The summed E-state index contributed by atoms with van der Waals surface area (Å²) in [6, 6.07) is 6.92. The van der Waals surface area contributed by atoms with Crippen LogP contribution in [0.2, 0.25) is 0 Å². The van der Waals surface area contributed by atoms with Crippen molar-refractivity contribution in [1.82, 2.24) is 34.3 Å². The molecule has 3 aromatic heterocycles. The molecule has 0 spiro atoms. The molecule has 4 aromatic rings. The number of imidazole rings is 1. The van der Waals surface area contributed by atoms with Gasteiger partial charge in [0.25, 0.3) is 0 Å². The van der Waals surface area contributed by atoms with Crippen molar-refractivity contribution in [3.8, 4) is 11.3 Å². The Morgan fingerprint density at radius 2 is 1.77 bits per heavy atom. The Labute approximate surface area is 256 Å². The summed E-state index contributed by atoms with van der Waals surface area (Å²) in [6.45, 7) is 15.8. The van der Waals surface area contributed by atoms with Crippen LogP contribution in [0.5, 0.6) is 0 Å². The number of morpholine rings is 2. The fourth-order valence-corrected chi connectivity index (χ4v) is 6.18. The largest absolute Gasteiger partial charge is 0.379 e. The van der Waals surface area contributed by atoms with E-state index in [9.17, 15) is 4.39 Å². The first-order valence-corrected chi connectivity index (χ1v) is 15.3. The first-order valence-electron chi connectivity index (χ1n) is 15.3. The summed E-state index contributed by atoms with van der Waals surface area (Å²) < 4.78 is 43.6. The number of halogens is 2. The van der Waals surface area contributed by atoms with E-state index in [1.54, 1.807) is 6.07 Å². The van der Waals surface area contributed by atoms with Gasteiger partial charge in [-0.3, -0.25) is 9.80 Å². The molecular formula is C32H40F2N8O2. The highest BCUT2D eigenvalue weighted by Crippen LogP contribution is 2.30. The minimum atomic E-state index is -0.646. The maximum Gasteiger partial charge on any atom is 0.229 e. The molecule has 6 rings (SSSR count). The second-order valence-corrected chi connectivity index (χ2v) is 12.2. The van der Waals surface area contributed by atoms with Crippen LogP contribution in [0, 0.1) is 18.6 Å². The molecule has 234 valence electrons. The molecular weight excluding hydrogens is 566 g/mol. The molecule has 10 nitrogen and oxygen atoms in total. The lowest BCUT2D eigenvalue weighted by Gasteiger charge is -2.42. The minimum Gasteiger partial charge on any atom is -0.379 e. The number of anilines is 2. The van der Waals surface area contributed by atoms with E-state index in [-0.39, 0.29) is 28.8 Å². The number of aryl methyl sites for hydroxylation is 1. The van der Waals surface area contributed by atoms with Gasteiger partial charge in [-0.25, -0.2) is 28.7 Å². The Kier molecular flexibility index (Phi) is 8.86. The molecule has 2 saturated heterocycles. The number of nitrogens with one attached hydrogen (secondary N) is 1. The minimum absolute atomic E-state index is 0.00179. The highest BCUT2D eigenvalue weighted by molar-refractivity contribution is 5.83. The Morgan fingerprint density at radius 3 is 2.52 bits per heavy atom. The van der Waals surface area contributed by atoms with E-state index in [1.807, 2.05) is 43.7 Å². The molecule has 0 aliphatic carbocycles. The quantitative estimate of drug-likeness (QED) is 0.279. The molecule has 5 heterocycles. The molecule has 0 saturated carbocycles. The standard InChI is InChI=1S/C32H40F2N8O2/c1-21(2)42-22(3)37-30-25(33)15-24(16-27(30)42)29-26(34)18-36-31(39-29)38-28-6-5-23(17-35-28)19-41-11-14-44-32(4,20-41)7-8-40-9-12-43-13-10-40/h5-6,15-18,21H,7-14,19-20H2,1-4H3,(H,35,36,38,39)/t32-/m1/s1. The van der Waals surface area contributed by atoms with E-state index in [2.05, 4.69) is 42.0 Å². The van der Waals surface area contributed by atoms with Gasteiger partial charge in [-0.05, 0) is 57.9 Å². The molecule has 2 fully saturated rings. The Balaban J connectivity index is 1.12. The van der Waals surface area contributed by atoms with Crippen molar-refractivity contribution in [3.05, 3.63) is 59.7 Å². The summed E-state index contributed by atoms with van der Waals surface area (Å²) in [4.78, 5) is 22.3. The lowest BCUT2D eigenvalue weighted by molar-refractivity contribution is -0.109. The van der Waals surface area contributed by atoms with Crippen molar-refractivity contribution < 1.29 is 18.3 Å². The summed E-state index contributed by atoms with van der Waals surface area (Å²) >= 11 is 0. The zero-order valence-corrected chi connectivity index (χ0v) is 25.8. The first kappa shape index (κ1) is 30.4. The zero-order chi connectivity index (χ0) is 30.8. The van der Waals surface area contributed by atoms with E-state index in [0.717, 1.165) is 70.7 Å². The van der Waals surface area contributed by atoms with Crippen LogP contribution >= 0.6 is 0 Å². The molecule has 0 bridgehead atoms. The van der Waals surface area contributed by atoms with Crippen molar-refractivity contribution in [2.75, 3.05) is 57.9 Å². The van der Waals surface area contributed by atoms with Crippen LogP contribution < -0.4 is 5.32 Å². The summed E-state index contributed by atoms with van der Waals surface area (Å²) in [6.07, 6.45) is 3.89. The van der Waals surface area contributed by atoms with Gasteiger partial charge in [0.15, 0.2) is 11.6 Å². The van der Waals surface area contributed by atoms with Crippen LogP contribution in [0.1, 0.15) is 44.6 Å². The number of fused-ring (bicyclic) bond motifs is 1. The molecule has 0 radical (unpaired) electrons. The van der Waals surface area contributed by atoms with Crippen molar-refractivity contribution >= 4 is 22.8 Å². The monoisotopic (exact) mass is 606 g/mol. The van der Waals surface area contributed by atoms with Gasteiger partial charge < -0.3 is 19.4 Å². The third-order valence-corrected chi connectivity index (χ3v) is 8.41. The molecule has 1 atom stereocenters. The number of pyridine rings is 1. The van der Waals surface area contributed by atoms with E-state index in [4.69, 9.17) is 9.47 Å². The summed E-state index contributed by atoms with van der Waals surface area (Å²) in [5.74, 6) is 0.214. The molecule has 0 amide bonds. The third-order valence-electron chi connectivity index (χ3n) is 8.41. The molecule has 1 aromatic carbocycles. The fourth-order valence-electron chi connectivity index (χ4n) is 6.18. The third kappa shape index (κ3) is 6.73. The first-order chi connectivity index (χ1) is 21.2. The average Bonchev–Trinajstić information content (AvgIpc) is 3.35. The van der Waals surface area contributed by atoms with Crippen LogP contribution in [0.3, 0.4) is 0 Å². The van der Waals surface area contributed by atoms with Crippen LogP contribution in [-0.2, 0) is 16.0 Å². The lowest BCUT2D eigenvalue weighted by atomic mass is 9.98. The number of aromatic nitrogens is 5. The predicted molar refractivity (Wildman–Crippen MR) is 165 cm³/mol. The van der Waals surface area contributed by atoms with Crippen LogP contribution in [0.4, 0.5) is 20.5 Å². The zero-order valence-electron chi connectivity index (χ0n) is 25.8. The van der Waals surface area contributed by atoms with Crippen LogP contribution in [-0.4, -0.2) is 92.4 Å². The number of rotatable bonds is 9. The number of ether oxygens (including phenoxy) is 2. The van der Waals surface area contributed by atoms with Crippen LogP contribution in [0.25, 0.3) is 22.3 Å². The van der Waals surface area contributed by atoms with Crippen molar-refractivity contribution in [3.63, 3.8) is 0 Å². The normalized spacial score (nSPS) is 20.1. The van der Waals surface area contributed by atoms with E-state index < -0.39 is 11.6 Å². The van der Waals surface area contributed by atoms with Crippen LogP contribution in [0.15, 0.2) is 36.7 Å². The highest BCUT2D eigenvalue weighted by Gasteiger charge is 2.32. The summed E-state index contributed by atoms with van der Waals surface area (Å²) in [7, 11) is 0.